The van der Waals surface area contributed by atoms with Gasteiger partial charge in [-0.25, -0.2) is 4.79 Å². The van der Waals surface area contributed by atoms with E-state index < -0.39 is 0 Å². The Morgan fingerprint density at radius 1 is 1.12 bits per heavy atom. The smallest absolute Gasteiger partial charge is 0.344 e. The van der Waals surface area contributed by atoms with E-state index in [0.29, 0.717) is 5.92 Å². The average Bonchev–Trinajstić information content (AvgIpc) is 2.57. The van der Waals surface area contributed by atoms with Crippen molar-refractivity contribution >= 4 is 5.97 Å². The van der Waals surface area contributed by atoms with Crippen LogP contribution in [0.15, 0.2) is 24.3 Å². The maximum Gasteiger partial charge on any atom is 0.344 e. The number of benzene rings is 1. The van der Waals surface area contributed by atoms with Crippen molar-refractivity contribution in [1.82, 2.24) is 0 Å². The van der Waals surface area contributed by atoms with Crippen LogP contribution in [0.4, 0.5) is 0 Å². The Bertz CT molecular complexity index is 592. The molecule has 3 unspecified atom stereocenters. The minimum absolute atomic E-state index is 0.0138. The molecule has 0 saturated heterocycles. The van der Waals surface area contributed by atoms with E-state index in [9.17, 15) is 4.79 Å². The molecule has 0 spiro atoms. The summed E-state index contributed by atoms with van der Waals surface area (Å²) < 4.78 is 11.7. The number of esters is 1. The molecule has 130 valence electrons. The molecule has 4 bridgehead atoms. The molecule has 0 aliphatic heterocycles. The summed E-state index contributed by atoms with van der Waals surface area (Å²) in [4.78, 5) is 12.4. The monoisotopic (exact) mass is 328 g/mol. The highest BCUT2D eigenvalue weighted by molar-refractivity contribution is 5.71. The van der Waals surface area contributed by atoms with Crippen LogP contribution in [-0.2, 0) is 16.0 Å². The van der Waals surface area contributed by atoms with Crippen molar-refractivity contribution in [3.05, 3.63) is 29.8 Å². The van der Waals surface area contributed by atoms with Gasteiger partial charge < -0.3 is 9.47 Å². The van der Waals surface area contributed by atoms with Crippen LogP contribution in [0, 0.1) is 23.7 Å². The van der Waals surface area contributed by atoms with Crippen LogP contribution in [-0.4, -0.2) is 18.2 Å². The van der Waals surface area contributed by atoms with Gasteiger partial charge in [0.1, 0.15) is 11.4 Å². The van der Waals surface area contributed by atoms with Crippen LogP contribution >= 0.6 is 0 Å². The molecule has 24 heavy (non-hydrogen) atoms. The second-order valence-corrected chi connectivity index (χ2v) is 8.22. The zero-order chi connectivity index (χ0) is 16.7. The molecular formula is C21H28O3. The van der Waals surface area contributed by atoms with E-state index in [1.54, 1.807) is 0 Å². The van der Waals surface area contributed by atoms with E-state index in [0.717, 1.165) is 42.8 Å². The van der Waals surface area contributed by atoms with Gasteiger partial charge in [-0.15, -0.1) is 0 Å². The van der Waals surface area contributed by atoms with E-state index in [1.807, 2.05) is 24.3 Å². The normalized spacial score (nSPS) is 36.6. The third kappa shape index (κ3) is 2.82. The fraction of sp³-hybridized carbons (Fsp3) is 0.667. The summed E-state index contributed by atoms with van der Waals surface area (Å²) in [6, 6.07) is 7.95. The van der Waals surface area contributed by atoms with Gasteiger partial charge in [-0.3, -0.25) is 0 Å². The largest absolute Gasteiger partial charge is 0.482 e. The van der Waals surface area contributed by atoms with Crippen molar-refractivity contribution in [3.63, 3.8) is 0 Å². The van der Waals surface area contributed by atoms with E-state index in [-0.39, 0.29) is 18.2 Å². The highest BCUT2D eigenvalue weighted by Crippen LogP contribution is 2.59. The molecule has 1 aromatic rings. The Hall–Kier alpha value is -1.51. The molecule has 0 N–H and O–H groups in total. The van der Waals surface area contributed by atoms with E-state index in [2.05, 4.69) is 13.8 Å². The number of aryl methyl sites for hydroxylation is 1. The molecule has 4 aliphatic carbocycles. The first-order chi connectivity index (χ1) is 11.6. The predicted octanol–water partition coefficient (Wildman–Crippen LogP) is 4.39. The van der Waals surface area contributed by atoms with Crippen LogP contribution in [0.1, 0.15) is 51.5 Å². The summed E-state index contributed by atoms with van der Waals surface area (Å²) in [7, 11) is 0. The van der Waals surface area contributed by atoms with E-state index >= 15 is 0 Å². The highest BCUT2D eigenvalue weighted by Gasteiger charge is 2.57. The molecule has 0 amide bonds. The molecule has 0 aromatic heterocycles. The average molecular weight is 328 g/mol. The predicted molar refractivity (Wildman–Crippen MR) is 92.9 cm³/mol. The number of hydrogen-bond donors (Lipinski definition) is 0. The van der Waals surface area contributed by atoms with Gasteiger partial charge in [-0.1, -0.05) is 26.0 Å². The molecule has 0 radical (unpaired) electrons. The third-order valence-electron chi connectivity index (χ3n) is 6.75. The minimum Gasteiger partial charge on any atom is -0.482 e. The van der Waals surface area contributed by atoms with Crippen LogP contribution in [0.2, 0.25) is 0 Å². The van der Waals surface area contributed by atoms with Crippen LogP contribution in [0.25, 0.3) is 0 Å². The Labute approximate surface area is 144 Å². The molecule has 3 heteroatoms. The van der Waals surface area contributed by atoms with Crippen molar-refractivity contribution < 1.29 is 14.3 Å². The zero-order valence-corrected chi connectivity index (χ0v) is 14.8. The standard InChI is InChI=1S/C21H28O3/c1-3-15-4-6-19(7-5-15)23-13-20(22)24-21-11-16-8-17(12-21)10-18(9-16)14(21)2/h4-7,14,16-18H,3,8-13H2,1-2H3. The van der Waals surface area contributed by atoms with Crippen molar-refractivity contribution in [2.75, 3.05) is 6.61 Å². The van der Waals surface area contributed by atoms with Gasteiger partial charge in [-0.2, -0.15) is 0 Å². The fourth-order valence-corrected chi connectivity index (χ4v) is 5.62. The van der Waals surface area contributed by atoms with Gasteiger partial charge in [-0.05, 0) is 79.9 Å². The topological polar surface area (TPSA) is 35.5 Å². The minimum atomic E-state index is -0.207. The van der Waals surface area contributed by atoms with Gasteiger partial charge in [0, 0.05) is 0 Å². The molecule has 4 aliphatic rings. The molecular weight excluding hydrogens is 300 g/mol. The van der Waals surface area contributed by atoms with Crippen LogP contribution in [0.5, 0.6) is 5.75 Å². The summed E-state index contributed by atoms with van der Waals surface area (Å²) in [5.74, 6) is 3.33. The highest BCUT2D eigenvalue weighted by atomic mass is 16.6. The van der Waals surface area contributed by atoms with Crippen LogP contribution < -0.4 is 4.74 Å². The second kappa shape index (κ2) is 6.09. The number of carbonyl (C=O) groups is 1. The molecule has 0 heterocycles. The lowest BCUT2D eigenvalue weighted by Gasteiger charge is -2.59. The Kier molecular flexibility index (Phi) is 4.06. The fourth-order valence-electron chi connectivity index (χ4n) is 5.62. The summed E-state index contributed by atoms with van der Waals surface area (Å²) in [5.41, 5.74) is 1.06. The van der Waals surface area contributed by atoms with Crippen molar-refractivity contribution in [3.8, 4) is 5.75 Å². The van der Waals surface area contributed by atoms with Crippen molar-refractivity contribution in [2.24, 2.45) is 23.7 Å². The SMILES string of the molecule is CCc1ccc(OCC(=O)OC23CC4CC(CC(C4)C2C)C3)cc1. The van der Waals surface area contributed by atoms with Gasteiger partial charge in [0.15, 0.2) is 6.61 Å². The summed E-state index contributed by atoms with van der Waals surface area (Å²) >= 11 is 0. The first kappa shape index (κ1) is 16.0. The van der Waals surface area contributed by atoms with E-state index in [1.165, 1.54) is 24.8 Å². The zero-order valence-electron chi connectivity index (χ0n) is 14.8. The molecule has 3 atom stereocenters. The molecule has 4 fully saturated rings. The van der Waals surface area contributed by atoms with E-state index in [4.69, 9.17) is 9.47 Å². The third-order valence-corrected chi connectivity index (χ3v) is 6.75. The summed E-state index contributed by atoms with van der Waals surface area (Å²) in [6.07, 6.45) is 7.18. The summed E-state index contributed by atoms with van der Waals surface area (Å²) in [5, 5.41) is 0. The Balaban J connectivity index is 1.37. The lowest BCUT2D eigenvalue weighted by atomic mass is 9.50. The molecule has 1 aromatic carbocycles. The summed E-state index contributed by atoms with van der Waals surface area (Å²) in [6.45, 7) is 4.43. The Morgan fingerprint density at radius 2 is 1.79 bits per heavy atom. The number of carbonyl (C=O) groups excluding carboxylic acids is 1. The maximum absolute atomic E-state index is 12.4. The quantitative estimate of drug-likeness (QED) is 0.752. The van der Waals surface area contributed by atoms with Gasteiger partial charge in [0.25, 0.3) is 0 Å². The first-order valence-corrected chi connectivity index (χ1v) is 9.51. The first-order valence-electron chi connectivity index (χ1n) is 9.51. The molecule has 4 saturated carbocycles. The number of hydrogen-bond acceptors (Lipinski definition) is 3. The maximum atomic E-state index is 12.4. The lowest BCUT2D eigenvalue weighted by molar-refractivity contribution is -0.206. The molecule has 5 rings (SSSR count). The lowest BCUT2D eigenvalue weighted by Crippen LogP contribution is -2.58. The van der Waals surface area contributed by atoms with Gasteiger partial charge in [0.2, 0.25) is 0 Å². The van der Waals surface area contributed by atoms with Gasteiger partial charge >= 0.3 is 5.97 Å². The van der Waals surface area contributed by atoms with Crippen molar-refractivity contribution in [2.45, 2.75) is 58.0 Å². The van der Waals surface area contributed by atoms with Crippen molar-refractivity contribution in [1.29, 1.82) is 0 Å². The van der Waals surface area contributed by atoms with Crippen LogP contribution in [0.3, 0.4) is 0 Å². The number of rotatable bonds is 5. The number of ether oxygens (including phenoxy) is 2. The second-order valence-electron chi connectivity index (χ2n) is 8.22. The molecule has 3 nitrogen and oxygen atoms in total. The Morgan fingerprint density at radius 3 is 2.42 bits per heavy atom. The van der Waals surface area contributed by atoms with Gasteiger partial charge in [0.05, 0.1) is 0 Å².